The van der Waals surface area contributed by atoms with Crippen LogP contribution in [0.1, 0.15) is 47.1 Å². The van der Waals surface area contributed by atoms with Crippen LogP contribution in [-0.4, -0.2) is 19.6 Å². The van der Waals surface area contributed by atoms with Crippen molar-refractivity contribution in [1.82, 2.24) is 5.32 Å². The molecular formula is C22H21NO5. The van der Waals surface area contributed by atoms with Gasteiger partial charge in [0.25, 0.3) is 5.91 Å². The van der Waals surface area contributed by atoms with Crippen molar-refractivity contribution in [3.8, 4) is 11.5 Å². The Balaban J connectivity index is 1.88. The zero-order chi connectivity index (χ0) is 19.8. The number of hydrogen-bond acceptors (Lipinski definition) is 5. The van der Waals surface area contributed by atoms with E-state index in [9.17, 15) is 9.59 Å². The van der Waals surface area contributed by atoms with Gasteiger partial charge in [-0.2, -0.15) is 0 Å². The second kappa shape index (κ2) is 7.03. The van der Waals surface area contributed by atoms with E-state index in [-0.39, 0.29) is 11.2 Å². The van der Waals surface area contributed by atoms with Crippen LogP contribution >= 0.6 is 0 Å². The number of amides is 1. The number of fused-ring (bicyclic) bond motifs is 2. The van der Waals surface area contributed by atoms with Gasteiger partial charge in [0, 0.05) is 0 Å². The molecule has 0 aliphatic carbocycles. The summed E-state index contributed by atoms with van der Waals surface area (Å²) >= 11 is 0. The van der Waals surface area contributed by atoms with Crippen molar-refractivity contribution in [3.05, 3.63) is 69.1 Å². The molecule has 0 fully saturated rings. The molecule has 0 saturated carbocycles. The molecule has 1 N–H and O–H groups in total. The van der Waals surface area contributed by atoms with Crippen molar-refractivity contribution in [2.24, 2.45) is 0 Å². The first-order valence-electron chi connectivity index (χ1n) is 9.28. The van der Waals surface area contributed by atoms with Gasteiger partial charge < -0.3 is 19.2 Å². The van der Waals surface area contributed by atoms with Crippen molar-refractivity contribution in [2.45, 2.75) is 26.3 Å². The lowest BCUT2D eigenvalue weighted by Crippen LogP contribution is -2.22. The van der Waals surface area contributed by atoms with E-state index in [0.717, 1.165) is 17.5 Å². The molecule has 2 heterocycles. The summed E-state index contributed by atoms with van der Waals surface area (Å²) in [7, 11) is 1.55. The van der Waals surface area contributed by atoms with Crippen LogP contribution in [0.4, 0.5) is 0 Å². The lowest BCUT2D eigenvalue weighted by molar-refractivity contribution is 0.0938. The summed E-state index contributed by atoms with van der Waals surface area (Å²) < 4.78 is 16.8. The molecule has 0 spiro atoms. The van der Waals surface area contributed by atoms with Gasteiger partial charge in [0.05, 0.1) is 30.7 Å². The number of ether oxygens (including phenoxy) is 2. The Hall–Kier alpha value is -3.28. The Labute approximate surface area is 162 Å². The summed E-state index contributed by atoms with van der Waals surface area (Å²) in [5.41, 5.74) is 2.32. The van der Waals surface area contributed by atoms with Gasteiger partial charge in [-0.25, -0.2) is 0 Å². The van der Waals surface area contributed by atoms with Crippen molar-refractivity contribution >= 4 is 16.9 Å². The summed E-state index contributed by atoms with van der Waals surface area (Å²) in [4.78, 5) is 25.7. The average molecular weight is 379 g/mol. The van der Waals surface area contributed by atoms with Crippen molar-refractivity contribution in [3.63, 3.8) is 0 Å². The Bertz CT molecular complexity index is 1130. The highest BCUT2D eigenvalue weighted by atomic mass is 16.5. The topological polar surface area (TPSA) is 77.8 Å². The molecule has 4 rings (SSSR count). The zero-order valence-corrected chi connectivity index (χ0v) is 16.0. The molecule has 1 unspecified atom stereocenters. The van der Waals surface area contributed by atoms with Crippen LogP contribution in [0.3, 0.4) is 0 Å². The van der Waals surface area contributed by atoms with E-state index in [1.165, 1.54) is 0 Å². The summed E-state index contributed by atoms with van der Waals surface area (Å²) in [5.74, 6) is 0.822. The molecule has 1 aliphatic rings. The first-order valence-corrected chi connectivity index (χ1v) is 9.28. The Morgan fingerprint density at radius 3 is 2.61 bits per heavy atom. The molecule has 0 saturated heterocycles. The number of carbonyl (C=O) groups is 1. The number of carbonyl (C=O) groups excluding carboxylic acids is 1. The van der Waals surface area contributed by atoms with Crippen molar-refractivity contribution in [1.29, 1.82) is 0 Å². The zero-order valence-electron chi connectivity index (χ0n) is 16.0. The Morgan fingerprint density at radius 1 is 1.07 bits per heavy atom. The predicted octanol–water partition coefficient (Wildman–Crippen LogP) is 3.60. The molecule has 0 radical (unpaired) electrons. The van der Waals surface area contributed by atoms with E-state index >= 15 is 0 Å². The Morgan fingerprint density at radius 2 is 1.89 bits per heavy atom. The van der Waals surface area contributed by atoms with E-state index in [4.69, 9.17) is 13.9 Å². The molecular weight excluding hydrogens is 358 g/mol. The van der Waals surface area contributed by atoms with Crippen molar-refractivity contribution in [2.75, 3.05) is 13.7 Å². The van der Waals surface area contributed by atoms with E-state index in [1.54, 1.807) is 25.3 Å². The van der Waals surface area contributed by atoms with Crippen LogP contribution in [0.2, 0.25) is 0 Å². The summed E-state index contributed by atoms with van der Waals surface area (Å²) in [6.07, 6.45) is 0.809. The van der Waals surface area contributed by atoms with Crippen molar-refractivity contribution < 1.29 is 18.7 Å². The summed E-state index contributed by atoms with van der Waals surface area (Å²) in [5, 5.41) is 3.34. The molecule has 1 aliphatic heterocycles. The second-order valence-electron chi connectivity index (χ2n) is 6.61. The van der Waals surface area contributed by atoms with Gasteiger partial charge in [0.2, 0.25) is 5.76 Å². The lowest BCUT2D eigenvalue weighted by atomic mass is 9.98. The van der Waals surface area contributed by atoms with E-state index in [2.05, 4.69) is 5.32 Å². The average Bonchev–Trinajstić information content (AvgIpc) is 3.05. The molecule has 144 valence electrons. The van der Waals surface area contributed by atoms with Gasteiger partial charge in [-0.3, -0.25) is 9.59 Å². The number of benzene rings is 2. The molecule has 1 atom stereocenters. The van der Waals surface area contributed by atoms with Crippen LogP contribution < -0.4 is 20.2 Å². The SMILES string of the molecule is CCOc1ccc(C2NC(=O)c3oc4ccc(CC)cc4c(=O)c32)cc1OC. The van der Waals surface area contributed by atoms with Gasteiger partial charge in [-0.1, -0.05) is 19.1 Å². The molecule has 2 aromatic carbocycles. The highest BCUT2D eigenvalue weighted by Crippen LogP contribution is 2.36. The fraction of sp³-hybridized carbons (Fsp3) is 0.273. The van der Waals surface area contributed by atoms with Gasteiger partial charge in [0.1, 0.15) is 5.58 Å². The molecule has 3 aromatic rings. The highest BCUT2D eigenvalue weighted by Gasteiger charge is 2.36. The third-order valence-corrected chi connectivity index (χ3v) is 4.99. The summed E-state index contributed by atoms with van der Waals surface area (Å²) in [6.45, 7) is 4.42. The van der Waals surface area contributed by atoms with Crippen LogP contribution in [0.15, 0.2) is 45.6 Å². The molecule has 6 nitrogen and oxygen atoms in total. The van der Waals surface area contributed by atoms with Gasteiger partial charge >= 0.3 is 0 Å². The minimum absolute atomic E-state index is 0.0691. The second-order valence-corrected chi connectivity index (χ2v) is 6.61. The third kappa shape index (κ3) is 2.81. The molecule has 6 heteroatoms. The van der Waals surface area contributed by atoms with Crippen LogP contribution in [0.5, 0.6) is 11.5 Å². The first-order chi connectivity index (χ1) is 13.6. The van der Waals surface area contributed by atoms with E-state index < -0.39 is 11.9 Å². The monoisotopic (exact) mass is 379 g/mol. The van der Waals surface area contributed by atoms with Crippen LogP contribution in [0, 0.1) is 0 Å². The number of rotatable bonds is 5. The summed E-state index contributed by atoms with van der Waals surface area (Å²) in [6, 6.07) is 10.3. The number of nitrogens with one attached hydrogen (secondary N) is 1. The normalized spacial score (nSPS) is 15.4. The molecule has 0 bridgehead atoms. The first kappa shape index (κ1) is 18.1. The molecule has 28 heavy (non-hydrogen) atoms. The van der Waals surface area contributed by atoms with Gasteiger partial charge in [-0.15, -0.1) is 0 Å². The van der Waals surface area contributed by atoms with E-state index in [1.807, 2.05) is 32.0 Å². The van der Waals surface area contributed by atoms with E-state index in [0.29, 0.717) is 34.6 Å². The van der Waals surface area contributed by atoms with Gasteiger partial charge in [0.15, 0.2) is 16.9 Å². The standard InChI is InChI=1S/C22H21NO5/c1-4-12-6-8-15-14(10-12)20(24)18-19(23-22(25)21(18)28-15)13-7-9-16(27-5-2)17(11-13)26-3/h6-11,19H,4-5H2,1-3H3,(H,23,25). The quantitative estimate of drug-likeness (QED) is 0.733. The number of hydrogen-bond donors (Lipinski definition) is 1. The van der Waals surface area contributed by atoms with Crippen LogP contribution in [0.25, 0.3) is 11.0 Å². The third-order valence-electron chi connectivity index (χ3n) is 4.99. The largest absolute Gasteiger partial charge is 0.493 e. The maximum atomic E-state index is 13.2. The Kier molecular flexibility index (Phi) is 4.55. The smallest absolute Gasteiger partial charge is 0.288 e. The predicted molar refractivity (Wildman–Crippen MR) is 105 cm³/mol. The highest BCUT2D eigenvalue weighted by molar-refractivity contribution is 5.99. The maximum Gasteiger partial charge on any atom is 0.288 e. The minimum Gasteiger partial charge on any atom is -0.493 e. The maximum absolute atomic E-state index is 13.2. The van der Waals surface area contributed by atoms with Crippen LogP contribution in [-0.2, 0) is 6.42 Å². The number of methoxy groups -OCH3 is 1. The fourth-order valence-corrected chi connectivity index (χ4v) is 3.56. The molecule has 1 amide bonds. The minimum atomic E-state index is -0.599. The molecule has 1 aromatic heterocycles. The number of aryl methyl sites for hydroxylation is 1. The fourth-order valence-electron chi connectivity index (χ4n) is 3.56. The van der Waals surface area contributed by atoms with Gasteiger partial charge in [-0.05, 0) is 48.7 Å². The lowest BCUT2D eigenvalue weighted by Gasteiger charge is -2.15.